The molecule has 2 aromatic rings. The van der Waals surface area contributed by atoms with Crippen LogP contribution in [-0.2, 0) is 6.54 Å². The third-order valence-electron chi connectivity index (χ3n) is 2.29. The van der Waals surface area contributed by atoms with Gasteiger partial charge in [0.2, 0.25) is 5.95 Å². The quantitative estimate of drug-likeness (QED) is 0.866. The minimum atomic E-state index is 0.573. The van der Waals surface area contributed by atoms with Crippen LogP contribution in [-0.4, -0.2) is 9.55 Å². The van der Waals surface area contributed by atoms with Crippen LogP contribution >= 0.6 is 22.6 Å². The first-order valence-corrected chi connectivity index (χ1v) is 6.07. The number of benzene rings is 1. The van der Waals surface area contributed by atoms with E-state index in [1.807, 2.05) is 0 Å². The number of anilines is 1. The first-order chi connectivity index (χ1) is 7.08. The second-order valence-electron chi connectivity index (χ2n) is 4.11. The van der Waals surface area contributed by atoms with Crippen LogP contribution in [0.1, 0.15) is 13.8 Å². The second kappa shape index (κ2) is 4.00. The molecule has 0 aliphatic heterocycles. The molecule has 0 spiro atoms. The number of hydrogen-bond acceptors (Lipinski definition) is 2. The summed E-state index contributed by atoms with van der Waals surface area (Å²) in [5.41, 5.74) is 8.01. The Morgan fingerprint density at radius 3 is 2.87 bits per heavy atom. The maximum atomic E-state index is 5.90. The lowest BCUT2D eigenvalue weighted by Crippen LogP contribution is -2.07. The molecule has 4 heteroatoms. The molecule has 0 amide bonds. The Labute approximate surface area is 103 Å². The standard InChI is InChI=1S/C11H14IN3/c1-7(2)6-15-10-4-3-8(12)5-9(10)14-11(15)13/h3-5,7H,6H2,1-2H3,(H2,13,14). The molecule has 0 aliphatic rings. The van der Waals surface area contributed by atoms with Crippen molar-refractivity contribution in [3.05, 3.63) is 21.8 Å². The number of imidazole rings is 1. The zero-order chi connectivity index (χ0) is 11.0. The Kier molecular flexibility index (Phi) is 2.86. The Balaban J connectivity index is 2.58. The average Bonchev–Trinajstić information content (AvgIpc) is 2.41. The fourth-order valence-electron chi connectivity index (χ4n) is 1.68. The molecule has 0 aliphatic carbocycles. The molecule has 0 fully saturated rings. The molecular formula is C11H14IN3. The molecule has 1 aromatic heterocycles. The van der Waals surface area contributed by atoms with Gasteiger partial charge in [0, 0.05) is 10.1 Å². The second-order valence-corrected chi connectivity index (χ2v) is 5.35. The van der Waals surface area contributed by atoms with Crippen LogP contribution in [0.5, 0.6) is 0 Å². The third kappa shape index (κ3) is 2.09. The molecule has 1 aromatic carbocycles. The average molecular weight is 315 g/mol. The van der Waals surface area contributed by atoms with Crippen molar-refractivity contribution in [2.24, 2.45) is 5.92 Å². The van der Waals surface area contributed by atoms with Crippen LogP contribution < -0.4 is 5.73 Å². The monoisotopic (exact) mass is 315 g/mol. The van der Waals surface area contributed by atoms with Gasteiger partial charge in [-0.15, -0.1) is 0 Å². The van der Waals surface area contributed by atoms with Crippen molar-refractivity contribution in [1.82, 2.24) is 9.55 Å². The van der Waals surface area contributed by atoms with Gasteiger partial charge in [-0.25, -0.2) is 4.98 Å². The summed E-state index contributed by atoms with van der Waals surface area (Å²) < 4.78 is 3.27. The predicted octanol–water partition coefficient (Wildman–Crippen LogP) is 2.88. The van der Waals surface area contributed by atoms with E-state index in [9.17, 15) is 0 Å². The van der Waals surface area contributed by atoms with E-state index in [-0.39, 0.29) is 0 Å². The molecule has 0 radical (unpaired) electrons. The van der Waals surface area contributed by atoms with Crippen LogP contribution in [0.15, 0.2) is 18.2 Å². The fourth-order valence-corrected chi connectivity index (χ4v) is 2.15. The lowest BCUT2D eigenvalue weighted by atomic mass is 10.2. The molecule has 0 bridgehead atoms. The number of fused-ring (bicyclic) bond motifs is 1. The molecule has 80 valence electrons. The van der Waals surface area contributed by atoms with Crippen molar-refractivity contribution >= 4 is 39.6 Å². The zero-order valence-electron chi connectivity index (χ0n) is 8.87. The minimum absolute atomic E-state index is 0.573. The van der Waals surface area contributed by atoms with Gasteiger partial charge in [0.05, 0.1) is 11.0 Å². The lowest BCUT2D eigenvalue weighted by molar-refractivity contribution is 0.538. The summed E-state index contributed by atoms with van der Waals surface area (Å²) >= 11 is 2.28. The Hall–Kier alpha value is -0.780. The van der Waals surface area contributed by atoms with Crippen LogP contribution in [0.4, 0.5) is 5.95 Å². The summed E-state index contributed by atoms with van der Waals surface area (Å²) in [7, 11) is 0. The van der Waals surface area contributed by atoms with Crippen LogP contribution in [0.25, 0.3) is 11.0 Å². The molecule has 0 unspecified atom stereocenters. The summed E-state index contributed by atoms with van der Waals surface area (Å²) in [6.45, 7) is 5.28. The van der Waals surface area contributed by atoms with Gasteiger partial charge in [-0.2, -0.15) is 0 Å². The summed E-state index contributed by atoms with van der Waals surface area (Å²) in [6, 6.07) is 6.23. The smallest absolute Gasteiger partial charge is 0.201 e. The molecular weight excluding hydrogens is 301 g/mol. The molecule has 2 N–H and O–H groups in total. The number of rotatable bonds is 2. The van der Waals surface area contributed by atoms with E-state index >= 15 is 0 Å². The van der Waals surface area contributed by atoms with Gasteiger partial charge in [-0.3, -0.25) is 0 Å². The van der Waals surface area contributed by atoms with Gasteiger partial charge in [0.15, 0.2) is 0 Å². The van der Waals surface area contributed by atoms with Gasteiger partial charge in [0.25, 0.3) is 0 Å². The molecule has 2 rings (SSSR count). The highest BCUT2D eigenvalue weighted by Crippen LogP contribution is 2.21. The van der Waals surface area contributed by atoms with E-state index in [0.29, 0.717) is 11.9 Å². The Bertz CT molecular complexity index is 488. The van der Waals surface area contributed by atoms with E-state index in [1.54, 1.807) is 0 Å². The molecule has 3 nitrogen and oxygen atoms in total. The van der Waals surface area contributed by atoms with Crippen molar-refractivity contribution < 1.29 is 0 Å². The van der Waals surface area contributed by atoms with Gasteiger partial charge in [0.1, 0.15) is 0 Å². The van der Waals surface area contributed by atoms with Crippen molar-refractivity contribution in [3.63, 3.8) is 0 Å². The SMILES string of the molecule is CC(C)Cn1c(N)nc2cc(I)ccc21. The topological polar surface area (TPSA) is 43.8 Å². The highest BCUT2D eigenvalue weighted by Gasteiger charge is 2.09. The molecule has 0 saturated carbocycles. The number of nitrogens with zero attached hydrogens (tertiary/aromatic N) is 2. The molecule has 15 heavy (non-hydrogen) atoms. The Morgan fingerprint density at radius 1 is 1.47 bits per heavy atom. The van der Waals surface area contributed by atoms with Crippen molar-refractivity contribution in [2.75, 3.05) is 5.73 Å². The fraction of sp³-hybridized carbons (Fsp3) is 0.364. The highest BCUT2D eigenvalue weighted by molar-refractivity contribution is 14.1. The van der Waals surface area contributed by atoms with E-state index in [1.165, 1.54) is 3.57 Å². The lowest BCUT2D eigenvalue weighted by Gasteiger charge is -2.08. The van der Waals surface area contributed by atoms with Crippen LogP contribution in [0, 0.1) is 9.49 Å². The predicted molar refractivity (Wildman–Crippen MR) is 71.7 cm³/mol. The van der Waals surface area contributed by atoms with Gasteiger partial charge in [-0.05, 0) is 46.7 Å². The number of aromatic nitrogens is 2. The first kappa shape index (κ1) is 10.7. The van der Waals surface area contributed by atoms with E-state index in [4.69, 9.17) is 5.73 Å². The number of nitrogens with two attached hydrogens (primary N) is 1. The zero-order valence-corrected chi connectivity index (χ0v) is 11.0. The molecule has 0 atom stereocenters. The molecule has 0 saturated heterocycles. The van der Waals surface area contributed by atoms with Crippen LogP contribution in [0.3, 0.4) is 0 Å². The first-order valence-electron chi connectivity index (χ1n) is 4.99. The molecule has 1 heterocycles. The van der Waals surface area contributed by atoms with Gasteiger partial charge >= 0.3 is 0 Å². The third-order valence-corrected chi connectivity index (χ3v) is 2.96. The summed E-state index contributed by atoms with van der Waals surface area (Å²) in [4.78, 5) is 4.36. The normalized spacial score (nSPS) is 11.5. The Morgan fingerprint density at radius 2 is 2.20 bits per heavy atom. The van der Waals surface area contributed by atoms with E-state index in [0.717, 1.165) is 17.6 Å². The summed E-state index contributed by atoms with van der Waals surface area (Å²) in [6.07, 6.45) is 0. The van der Waals surface area contributed by atoms with E-state index < -0.39 is 0 Å². The summed E-state index contributed by atoms with van der Waals surface area (Å²) in [5, 5.41) is 0. The maximum Gasteiger partial charge on any atom is 0.201 e. The van der Waals surface area contributed by atoms with E-state index in [2.05, 4.69) is 64.2 Å². The van der Waals surface area contributed by atoms with Crippen LogP contribution in [0.2, 0.25) is 0 Å². The minimum Gasteiger partial charge on any atom is -0.369 e. The number of hydrogen-bond donors (Lipinski definition) is 1. The maximum absolute atomic E-state index is 5.90. The van der Waals surface area contributed by atoms with Crippen molar-refractivity contribution in [1.29, 1.82) is 0 Å². The highest BCUT2D eigenvalue weighted by atomic mass is 127. The largest absolute Gasteiger partial charge is 0.369 e. The summed E-state index contributed by atoms with van der Waals surface area (Å²) in [5.74, 6) is 1.18. The van der Waals surface area contributed by atoms with Gasteiger partial charge < -0.3 is 10.3 Å². The number of halogens is 1. The van der Waals surface area contributed by atoms with Crippen molar-refractivity contribution in [2.45, 2.75) is 20.4 Å². The number of nitrogen functional groups attached to an aromatic ring is 1. The van der Waals surface area contributed by atoms with Gasteiger partial charge in [-0.1, -0.05) is 13.8 Å². The van der Waals surface area contributed by atoms with Crippen molar-refractivity contribution in [3.8, 4) is 0 Å².